The molecule has 9 heteroatoms. The lowest BCUT2D eigenvalue weighted by Gasteiger charge is -2.29. The number of hydrogen-bond acceptors (Lipinski definition) is 6. The van der Waals surface area contributed by atoms with Gasteiger partial charge in [-0.15, -0.1) is 0 Å². The van der Waals surface area contributed by atoms with Crippen LogP contribution in [0.15, 0.2) is 72.4 Å². The second-order valence-electron chi connectivity index (χ2n) is 11.6. The average Bonchev–Trinajstić information content (AvgIpc) is 3.34. The number of rotatable bonds is 3. The molecule has 4 heterocycles. The quantitative estimate of drug-likeness (QED) is 0.311. The summed E-state index contributed by atoms with van der Waals surface area (Å²) in [6.07, 6.45) is 2.38. The Morgan fingerprint density at radius 2 is 1.64 bits per heavy atom. The van der Waals surface area contributed by atoms with Gasteiger partial charge in [-0.2, -0.15) is 0 Å². The number of para-hydroxylation sites is 1. The maximum absolute atomic E-state index is 13.9. The standard InChI is InChI=1S/C36H32N4O5/c1-22(41)39-14-13-24-19-25(7-8-26(24)21-39)34-28-10-9-27(20-33-35(43)29-5-3-4-6-32(29)40(33)23(2)42)37-31(28)12-11-30(34)36(44)38-15-17-45-18-16-38/h3-12,19-20H,13-18,21H2,1-2H3/b33-20-. The average molecular weight is 601 g/mol. The number of fused-ring (bicyclic) bond motifs is 3. The van der Waals surface area contributed by atoms with Gasteiger partial charge < -0.3 is 14.5 Å². The van der Waals surface area contributed by atoms with Crippen molar-refractivity contribution in [1.82, 2.24) is 14.8 Å². The van der Waals surface area contributed by atoms with Crippen molar-refractivity contribution in [3.63, 3.8) is 0 Å². The molecular formula is C36H32N4O5. The Kier molecular flexibility index (Phi) is 7.25. The minimum absolute atomic E-state index is 0.0589. The topological polar surface area (TPSA) is 100 Å². The van der Waals surface area contributed by atoms with Crippen LogP contribution in [0.3, 0.4) is 0 Å². The molecule has 226 valence electrons. The highest BCUT2D eigenvalue weighted by Gasteiger charge is 2.34. The van der Waals surface area contributed by atoms with Crippen molar-refractivity contribution >= 4 is 46.2 Å². The van der Waals surface area contributed by atoms with E-state index in [0.29, 0.717) is 67.4 Å². The number of ketones is 1. The van der Waals surface area contributed by atoms with Crippen LogP contribution in [-0.2, 0) is 27.3 Å². The Hall–Kier alpha value is -5.15. The molecule has 0 spiro atoms. The predicted octanol–water partition coefficient (Wildman–Crippen LogP) is 4.87. The highest BCUT2D eigenvalue weighted by atomic mass is 16.5. The van der Waals surface area contributed by atoms with Crippen LogP contribution in [0.5, 0.6) is 0 Å². The van der Waals surface area contributed by atoms with E-state index in [1.165, 1.54) is 11.8 Å². The number of ether oxygens (including phenoxy) is 1. The smallest absolute Gasteiger partial charge is 0.254 e. The van der Waals surface area contributed by atoms with Gasteiger partial charge in [-0.1, -0.05) is 36.4 Å². The summed E-state index contributed by atoms with van der Waals surface area (Å²) in [6.45, 7) is 6.30. The van der Waals surface area contributed by atoms with E-state index in [1.54, 1.807) is 37.3 Å². The van der Waals surface area contributed by atoms with Gasteiger partial charge in [-0.3, -0.25) is 24.1 Å². The van der Waals surface area contributed by atoms with Crippen molar-refractivity contribution < 1.29 is 23.9 Å². The highest BCUT2D eigenvalue weighted by molar-refractivity contribution is 6.26. The number of morpholine rings is 1. The van der Waals surface area contributed by atoms with Crippen molar-refractivity contribution in [2.45, 2.75) is 26.8 Å². The second kappa shape index (κ2) is 11.4. The lowest BCUT2D eigenvalue weighted by molar-refractivity contribution is -0.129. The maximum Gasteiger partial charge on any atom is 0.254 e. The molecular weight excluding hydrogens is 568 g/mol. The minimum atomic E-state index is -0.257. The number of allylic oxidation sites excluding steroid dienone is 1. The molecule has 1 aromatic heterocycles. The van der Waals surface area contributed by atoms with E-state index < -0.39 is 0 Å². The fourth-order valence-electron chi connectivity index (χ4n) is 6.54. The number of carbonyl (C=O) groups excluding carboxylic acids is 4. The third kappa shape index (κ3) is 5.09. The summed E-state index contributed by atoms with van der Waals surface area (Å²) in [6, 6.07) is 20.7. The number of aromatic nitrogens is 1. The molecule has 0 saturated carbocycles. The number of carbonyl (C=O) groups is 4. The molecule has 4 aromatic rings. The first-order valence-electron chi connectivity index (χ1n) is 15.1. The Bertz CT molecular complexity index is 1940. The van der Waals surface area contributed by atoms with Crippen molar-refractivity contribution in [2.24, 2.45) is 0 Å². The second-order valence-corrected chi connectivity index (χ2v) is 11.6. The summed E-state index contributed by atoms with van der Waals surface area (Å²) in [5, 5.41) is 0.807. The summed E-state index contributed by atoms with van der Waals surface area (Å²) in [5.74, 6) is -0.489. The van der Waals surface area contributed by atoms with E-state index in [0.717, 1.165) is 34.1 Å². The van der Waals surface area contributed by atoms with Crippen LogP contribution in [0.4, 0.5) is 5.69 Å². The zero-order chi connectivity index (χ0) is 31.2. The first-order chi connectivity index (χ1) is 21.8. The van der Waals surface area contributed by atoms with E-state index in [-0.39, 0.29) is 29.2 Å². The van der Waals surface area contributed by atoms with Crippen LogP contribution < -0.4 is 4.90 Å². The summed E-state index contributed by atoms with van der Waals surface area (Å²) in [4.78, 5) is 61.8. The molecule has 0 radical (unpaired) electrons. The maximum atomic E-state index is 13.9. The zero-order valence-corrected chi connectivity index (χ0v) is 25.2. The van der Waals surface area contributed by atoms with Crippen molar-refractivity contribution in [3.8, 4) is 11.1 Å². The number of nitrogens with zero attached hydrogens (tertiary/aromatic N) is 4. The molecule has 0 atom stereocenters. The molecule has 3 aliphatic rings. The summed E-state index contributed by atoms with van der Waals surface area (Å²) in [7, 11) is 0. The van der Waals surface area contributed by atoms with E-state index in [2.05, 4.69) is 6.07 Å². The summed E-state index contributed by atoms with van der Waals surface area (Å²) >= 11 is 0. The number of hydrogen-bond donors (Lipinski definition) is 0. The van der Waals surface area contributed by atoms with Gasteiger partial charge in [0.1, 0.15) is 0 Å². The van der Waals surface area contributed by atoms with E-state index in [1.807, 2.05) is 46.2 Å². The van der Waals surface area contributed by atoms with E-state index in [9.17, 15) is 19.2 Å². The van der Waals surface area contributed by atoms with Gasteiger partial charge in [-0.25, -0.2) is 4.98 Å². The van der Waals surface area contributed by atoms with E-state index >= 15 is 0 Å². The first-order valence-corrected chi connectivity index (χ1v) is 15.1. The summed E-state index contributed by atoms with van der Waals surface area (Å²) in [5.41, 5.74) is 7.03. The Balaban J connectivity index is 1.34. The van der Waals surface area contributed by atoms with E-state index in [4.69, 9.17) is 9.72 Å². The molecule has 0 bridgehead atoms. The molecule has 0 aliphatic carbocycles. The Morgan fingerprint density at radius 3 is 2.42 bits per heavy atom. The minimum Gasteiger partial charge on any atom is -0.378 e. The lowest BCUT2D eigenvalue weighted by atomic mass is 9.90. The van der Waals surface area contributed by atoms with Crippen molar-refractivity contribution in [2.75, 3.05) is 37.7 Å². The number of benzene rings is 3. The lowest BCUT2D eigenvalue weighted by Crippen LogP contribution is -2.40. The van der Waals surface area contributed by atoms with Crippen LogP contribution in [0, 0.1) is 0 Å². The van der Waals surface area contributed by atoms with Gasteiger partial charge in [0.05, 0.1) is 35.8 Å². The Morgan fingerprint density at radius 1 is 0.844 bits per heavy atom. The SMILES string of the molecule is CC(=O)N1CCc2cc(-c3c(C(=O)N4CCOCC4)ccc4nc(/C=C5/C(=O)c6ccccc6N5C(C)=O)ccc34)ccc2C1. The van der Waals surface area contributed by atoms with Gasteiger partial charge in [-0.05, 0) is 59.5 Å². The van der Waals surface area contributed by atoms with Crippen molar-refractivity contribution in [1.29, 1.82) is 0 Å². The molecule has 3 amide bonds. The number of anilines is 1. The van der Waals surface area contributed by atoms with Crippen LogP contribution in [0.2, 0.25) is 0 Å². The number of amides is 3. The fraction of sp³-hybridized carbons (Fsp3) is 0.250. The molecule has 45 heavy (non-hydrogen) atoms. The molecule has 3 aliphatic heterocycles. The number of Topliss-reactive ketones (excluding diaryl/α,β-unsaturated/α-hetero) is 1. The van der Waals surface area contributed by atoms with Gasteiger partial charge in [0.2, 0.25) is 17.6 Å². The molecule has 1 fully saturated rings. The molecule has 3 aromatic carbocycles. The molecule has 7 rings (SSSR count). The largest absolute Gasteiger partial charge is 0.378 e. The monoisotopic (exact) mass is 600 g/mol. The van der Waals surface area contributed by atoms with Crippen LogP contribution in [0.25, 0.3) is 28.1 Å². The van der Waals surface area contributed by atoms with Gasteiger partial charge >= 0.3 is 0 Å². The Labute approximate surface area is 260 Å². The molecule has 0 unspecified atom stereocenters. The van der Waals surface area contributed by atoms with Crippen LogP contribution in [0.1, 0.15) is 51.4 Å². The first kappa shape index (κ1) is 28.6. The normalized spacial score (nSPS) is 17.1. The predicted molar refractivity (Wildman–Crippen MR) is 171 cm³/mol. The molecule has 0 N–H and O–H groups in total. The molecule has 9 nitrogen and oxygen atoms in total. The fourth-order valence-corrected chi connectivity index (χ4v) is 6.54. The zero-order valence-electron chi connectivity index (χ0n) is 25.2. The van der Waals surface area contributed by atoms with Crippen molar-refractivity contribution in [3.05, 3.63) is 100 Å². The van der Waals surface area contributed by atoms with Crippen LogP contribution >= 0.6 is 0 Å². The third-order valence-corrected chi connectivity index (χ3v) is 8.84. The van der Waals surface area contributed by atoms with Gasteiger partial charge in [0.25, 0.3) is 5.91 Å². The third-order valence-electron chi connectivity index (χ3n) is 8.84. The molecule has 1 saturated heterocycles. The highest BCUT2D eigenvalue weighted by Crippen LogP contribution is 2.37. The number of pyridine rings is 1. The van der Waals surface area contributed by atoms with Gasteiger partial charge in [0, 0.05) is 62.1 Å². The van der Waals surface area contributed by atoms with Gasteiger partial charge in [0.15, 0.2) is 0 Å². The van der Waals surface area contributed by atoms with Crippen LogP contribution in [-0.4, -0.2) is 71.1 Å². The summed E-state index contributed by atoms with van der Waals surface area (Å²) < 4.78 is 5.49.